The number of hydrogen-bond donors (Lipinski definition) is 0. The Kier molecular flexibility index (Phi) is 5.87. The average Bonchev–Trinajstić information content (AvgIpc) is 2.62. The van der Waals surface area contributed by atoms with Gasteiger partial charge in [-0.05, 0) is 65.8 Å². The number of thioether (sulfide) groups is 1. The van der Waals surface area contributed by atoms with Crippen molar-refractivity contribution in [1.82, 2.24) is 0 Å². The minimum Gasteiger partial charge on any atom is -0.462 e. The van der Waals surface area contributed by atoms with E-state index < -0.39 is 0 Å². The van der Waals surface area contributed by atoms with E-state index in [4.69, 9.17) is 4.74 Å². The fourth-order valence-corrected chi connectivity index (χ4v) is 4.71. The molecule has 2 nitrogen and oxygen atoms in total. The van der Waals surface area contributed by atoms with Crippen molar-refractivity contribution in [3.63, 3.8) is 0 Å². The summed E-state index contributed by atoms with van der Waals surface area (Å²) in [6, 6.07) is 14.4. The van der Waals surface area contributed by atoms with Crippen molar-refractivity contribution in [2.24, 2.45) is 0 Å². The van der Waals surface area contributed by atoms with Gasteiger partial charge in [-0.15, -0.1) is 11.8 Å². The lowest BCUT2D eigenvalue weighted by atomic mass is 9.81. The first-order valence-corrected chi connectivity index (χ1v) is 10.2. The van der Waals surface area contributed by atoms with Crippen molar-refractivity contribution in [3.8, 4) is 0 Å². The van der Waals surface area contributed by atoms with Crippen LogP contribution in [0.3, 0.4) is 0 Å². The number of carbonyl (C=O) groups excluding carboxylic acids is 1. The van der Waals surface area contributed by atoms with Crippen molar-refractivity contribution in [1.29, 1.82) is 0 Å². The van der Waals surface area contributed by atoms with Crippen LogP contribution in [0, 0.1) is 0 Å². The predicted octanol–water partition coefficient (Wildman–Crippen LogP) is 5.89. The molecule has 0 fully saturated rings. The molecule has 3 rings (SSSR count). The number of carbonyl (C=O) groups is 1. The molecule has 0 saturated carbocycles. The Labute approximate surface area is 160 Å². The third-order valence-electron chi connectivity index (χ3n) is 4.82. The molecule has 0 spiro atoms. The Morgan fingerprint density at radius 3 is 2.88 bits per heavy atom. The smallest absolute Gasteiger partial charge is 0.338 e. The SMILES string of the molecule is CCOC(=O)c1cccc(C=CCc2ccc3c(c2)C(C)(C)CCS3)c1. The minimum absolute atomic E-state index is 0.258. The summed E-state index contributed by atoms with van der Waals surface area (Å²) >= 11 is 1.97. The van der Waals surface area contributed by atoms with Gasteiger partial charge in [0, 0.05) is 4.90 Å². The van der Waals surface area contributed by atoms with Gasteiger partial charge in [-0.1, -0.05) is 50.3 Å². The molecule has 0 aliphatic carbocycles. The van der Waals surface area contributed by atoms with Crippen LogP contribution >= 0.6 is 11.8 Å². The van der Waals surface area contributed by atoms with Gasteiger partial charge in [0.1, 0.15) is 0 Å². The molecule has 0 aromatic heterocycles. The van der Waals surface area contributed by atoms with Crippen molar-refractivity contribution in [2.75, 3.05) is 12.4 Å². The van der Waals surface area contributed by atoms with Crippen molar-refractivity contribution < 1.29 is 9.53 Å². The molecule has 0 radical (unpaired) electrons. The second kappa shape index (κ2) is 8.13. The molecule has 0 amide bonds. The molecule has 136 valence electrons. The van der Waals surface area contributed by atoms with E-state index >= 15 is 0 Å². The zero-order chi connectivity index (χ0) is 18.6. The molecule has 2 aromatic rings. The zero-order valence-corrected chi connectivity index (χ0v) is 16.6. The molecule has 0 unspecified atom stereocenters. The molecular weight excluding hydrogens is 340 g/mol. The Morgan fingerprint density at radius 1 is 1.23 bits per heavy atom. The number of rotatable bonds is 5. The molecule has 0 bridgehead atoms. The maximum absolute atomic E-state index is 11.8. The average molecular weight is 367 g/mol. The molecule has 0 N–H and O–H groups in total. The highest BCUT2D eigenvalue weighted by atomic mass is 32.2. The van der Waals surface area contributed by atoms with Crippen LogP contribution in [-0.4, -0.2) is 18.3 Å². The van der Waals surface area contributed by atoms with Crippen LogP contribution in [0.5, 0.6) is 0 Å². The van der Waals surface area contributed by atoms with Gasteiger partial charge in [-0.25, -0.2) is 4.79 Å². The van der Waals surface area contributed by atoms with Crippen LogP contribution in [-0.2, 0) is 16.6 Å². The van der Waals surface area contributed by atoms with E-state index in [9.17, 15) is 4.79 Å². The molecular formula is C23H26O2S. The maximum Gasteiger partial charge on any atom is 0.338 e. The molecule has 1 aliphatic rings. The molecule has 0 saturated heterocycles. The number of esters is 1. The summed E-state index contributed by atoms with van der Waals surface area (Å²) in [4.78, 5) is 13.3. The standard InChI is InChI=1S/C23H26O2S/c1-4-25-22(24)19-10-6-9-17(15-19)7-5-8-18-11-12-21-20(16-18)23(2,3)13-14-26-21/h5-7,9-12,15-16H,4,8,13-14H2,1-3H3. The first-order valence-electron chi connectivity index (χ1n) is 9.19. The largest absolute Gasteiger partial charge is 0.462 e. The Hall–Kier alpha value is -2.00. The van der Waals surface area contributed by atoms with Crippen LogP contribution in [0.1, 0.15) is 54.2 Å². The molecule has 2 aromatic carbocycles. The first kappa shape index (κ1) is 18.8. The second-order valence-electron chi connectivity index (χ2n) is 7.27. The number of hydrogen-bond acceptors (Lipinski definition) is 3. The zero-order valence-electron chi connectivity index (χ0n) is 15.7. The van der Waals surface area contributed by atoms with Crippen molar-refractivity contribution >= 4 is 23.8 Å². The summed E-state index contributed by atoms with van der Waals surface area (Å²) in [6.07, 6.45) is 6.35. The van der Waals surface area contributed by atoms with E-state index in [1.54, 1.807) is 6.07 Å². The Morgan fingerprint density at radius 2 is 2.08 bits per heavy atom. The first-order chi connectivity index (χ1) is 12.5. The fraction of sp³-hybridized carbons (Fsp3) is 0.348. The maximum atomic E-state index is 11.8. The molecule has 26 heavy (non-hydrogen) atoms. The highest BCUT2D eigenvalue weighted by Crippen LogP contribution is 2.41. The summed E-state index contributed by atoms with van der Waals surface area (Å²) in [5, 5.41) is 0. The Balaban J connectivity index is 1.71. The normalized spacial score (nSPS) is 15.7. The molecule has 3 heteroatoms. The highest BCUT2D eigenvalue weighted by Gasteiger charge is 2.27. The fourth-order valence-electron chi connectivity index (χ4n) is 3.22. The van der Waals surface area contributed by atoms with Crippen LogP contribution in [0.4, 0.5) is 0 Å². The van der Waals surface area contributed by atoms with Gasteiger partial charge in [0.25, 0.3) is 0 Å². The van der Waals surface area contributed by atoms with E-state index in [-0.39, 0.29) is 11.4 Å². The van der Waals surface area contributed by atoms with Crippen molar-refractivity contribution in [3.05, 3.63) is 70.8 Å². The second-order valence-corrected chi connectivity index (χ2v) is 8.40. The van der Waals surface area contributed by atoms with Crippen LogP contribution in [0.2, 0.25) is 0 Å². The minimum atomic E-state index is -0.267. The summed E-state index contributed by atoms with van der Waals surface area (Å²) in [5.41, 5.74) is 4.68. The predicted molar refractivity (Wildman–Crippen MR) is 110 cm³/mol. The summed E-state index contributed by atoms with van der Waals surface area (Å²) in [7, 11) is 0. The van der Waals surface area contributed by atoms with Gasteiger partial charge < -0.3 is 4.74 Å². The van der Waals surface area contributed by atoms with E-state index in [1.165, 1.54) is 28.2 Å². The number of fused-ring (bicyclic) bond motifs is 1. The van der Waals surface area contributed by atoms with Gasteiger partial charge >= 0.3 is 5.97 Å². The van der Waals surface area contributed by atoms with Gasteiger partial charge in [0.15, 0.2) is 0 Å². The summed E-state index contributed by atoms with van der Waals surface area (Å²) in [6.45, 7) is 6.89. The third-order valence-corrected chi connectivity index (χ3v) is 5.89. The number of ether oxygens (including phenoxy) is 1. The number of allylic oxidation sites excluding steroid dienone is 1. The van der Waals surface area contributed by atoms with Crippen LogP contribution < -0.4 is 0 Å². The van der Waals surface area contributed by atoms with Gasteiger partial charge in [0.05, 0.1) is 12.2 Å². The van der Waals surface area contributed by atoms with Gasteiger partial charge in [-0.3, -0.25) is 0 Å². The Bertz CT molecular complexity index is 821. The lowest BCUT2D eigenvalue weighted by Gasteiger charge is -2.32. The lowest BCUT2D eigenvalue weighted by Crippen LogP contribution is -2.22. The third kappa shape index (κ3) is 4.39. The van der Waals surface area contributed by atoms with Gasteiger partial charge in [-0.2, -0.15) is 0 Å². The highest BCUT2D eigenvalue weighted by molar-refractivity contribution is 7.99. The number of benzene rings is 2. The summed E-state index contributed by atoms with van der Waals surface area (Å²) < 4.78 is 5.06. The van der Waals surface area contributed by atoms with Crippen LogP contribution in [0.25, 0.3) is 6.08 Å². The monoisotopic (exact) mass is 366 g/mol. The quantitative estimate of drug-likeness (QED) is 0.617. The van der Waals surface area contributed by atoms with E-state index in [0.29, 0.717) is 12.2 Å². The van der Waals surface area contributed by atoms with E-state index in [2.05, 4.69) is 44.2 Å². The molecule has 1 aliphatic heterocycles. The van der Waals surface area contributed by atoms with Gasteiger partial charge in [0.2, 0.25) is 0 Å². The van der Waals surface area contributed by atoms with E-state index in [1.807, 2.05) is 36.9 Å². The molecule has 0 atom stereocenters. The molecule has 1 heterocycles. The van der Waals surface area contributed by atoms with Crippen LogP contribution in [0.15, 0.2) is 53.4 Å². The summed E-state index contributed by atoms with van der Waals surface area (Å²) in [5.74, 6) is 0.938. The lowest BCUT2D eigenvalue weighted by molar-refractivity contribution is 0.0526. The van der Waals surface area contributed by atoms with Crippen molar-refractivity contribution in [2.45, 2.75) is 43.9 Å². The van der Waals surface area contributed by atoms with E-state index in [0.717, 1.165) is 12.0 Å². The topological polar surface area (TPSA) is 26.3 Å².